The highest BCUT2D eigenvalue weighted by Crippen LogP contribution is 2.42. The minimum absolute atomic E-state index is 0.0370. The van der Waals surface area contributed by atoms with Crippen LogP contribution in [0.1, 0.15) is 31.7 Å². The number of nitrogens with zero attached hydrogens (tertiary/aromatic N) is 4. The number of halogens is 7. The molecule has 4 aromatic rings. The van der Waals surface area contributed by atoms with E-state index in [1.165, 1.54) is 0 Å². The minimum atomic E-state index is -4.75. The second-order valence-electron chi connectivity index (χ2n) is 10.8. The Balaban J connectivity index is 1.50. The molecular weight excluding hydrogens is 585 g/mol. The predicted molar refractivity (Wildman–Crippen MR) is 141 cm³/mol. The number of rotatable bonds is 7. The van der Waals surface area contributed by atoms with Crippen LogP contribution in [0.3, 0.4) is 0 Å². The van der Waals surface area contributed by atoms with Gasteiger partial charge in [-0.25, -0.2) is 17.6 Å². The molecule has 0 bridgehead atoms. The predicted octanol–water partition coefficient (Wildman–Crippen LogP) is 6.43. The fraction of sp³-hybridized carbons (Fsp3) is 0.414. The maximum absolute atomic E-state index is 16.3. The van der Waals surface area contributed by atoms with Crippen molar-refractivity contribution in [2.75, 3.05) is 26.3 Å². The zero-order chi connectivity index (χ0) is 30.7. The van der Waals surface area contributed by atoms with Crippen molar-refractivity contribution >= 4 is 21.7 Å². The Kier molecular flexibility index (Phi) is 7.22. The molecule has 2 aromatic heterocycles. The second kappa shape index (κ2) is 10.6. The van der Waals surface area contributed by atoms with E-state index in [1.54, 1.807) is 6.92 Å². The average Bonchev–Trinajstić information content (AvgIpc) is 3.48. The smallest absolute Gasteiger partial charge is 0.422 e. The Morgan fingerprint density at radius 3 is 2.63 bits per heavy atom. The van der Waals surface area contributed by atoms with Crippen molar-refractivity contribution in [1.82, 2.24) is 19.9 Å². The van der Waals surface area contributed by atoms with Crippen LogP contribution >= 0.6 is 0 Å². The van der Waals surface area contributed by atoms with Crippen molar-refractivity contribution in [2.45, 2.75) is 50.5 Å². The summed E-state index contributed by atoms with van der Waals surface area (Å²) >= 11 is 0. The van der Waals surface area contributed by atoms with E-state index in [-0.39, 0.29) is 53.3 Å². The zero-order valence-electron chi connectivity index (χ0n) is 22.7. The summed E-state index contributed by atoms with van der Waals surface area (Å²) in [7, 11) is 0. The third-order valence-electron chi connectivity index (χ3n) is 8.11. The molecule has 0 spiro atoms. The zero-order valence-corrected chi connectivity index (χ0v) is 22.7. The SMILES string of the molecule is CCc1c(F)ccc2c(F)c(O)cc(-c3ncc4c(OCC(F)(F)F)nc(OC[C@@]56CCCN5C[C@H](F)C6)nc4c3F)c12. The fourth-order valence-electron chi connectivity index (χ4n) is 6.23. The first-order chi connectivity index (χ1) is 20.4. The number of phenolic OH excluding ortho intramolecular Hbond substituents is 1. The van der Waals surface area contributed by atoms with Crippen LogP contribution in [0.25, 0.3) is 32.9 Å². The molecule has 6 rings (SSSR count). The van der Waals surface area contributed by atoms with E-state index in [0.29, 0.717) is 13.0 Å². The number of hydrogen-bond donors (Lipinski definition) is 1. The maximum Gasteiger partial charge on any atom is 0.422 e. The maximum atomic E-state index is 16.3. The third-order valence-corrected chi connectivity index (χ3v) is 8.11. The first-order valence-electron chi connectivity index (χ1n) is 13.6. The van der Waals surface area contributed by atoms with Crippen molar-refractivity contribution < 1.29 is 45.3 Å². The van der Waals surface area contributed by atoms with Gasteiger partial charge < -0.3 is 14.6 Å². The topological polar surface area (TPSA) is 80.6 Å². The van der Waals surface area contributed by atoms with Crippen molar-refractivity contribution in [2.24, 2.45) is 0 Å². The van der Waals surface area contributed by atoms with Gasteiger partial charge in [0.1, 0.15) is 29.8 Å². The molecular formula is C29H25F7N4O3. The Labute approximate surface area is 240 Å². The van der Waals surface area contributed by atoms with Crippen molar-refractivity contribution in [3.05, 3.63) is 47.4 Å². The molecule has 1 N–H and O–H groups in total. The van der Waals surface area contributed by atoms with Crippen LogP contribution in [0.5, 0.6) is 17.6 Å². The molecule has 0 amide bonds. The molecule has 2 atom stereocenters. The van der Waals surface area contributed by atoms with Crippen LogP contribution in [0.4, 0.5) is 30.7 Å². The molecule has 14 heteroatoms. The molecule has 0 saturated carbocycles. The first-order valence-corrected chi connectivity index (χ1v) is 13.6. The lowest BCUT2D eigenvalue weighted by atomic mass is 9.94. The van der Waals surface area contributed by atoms with E-state index in [1.807, 2.05) is 4.90 Å². The number of fused-ring (bicyclic) bond motifs is 3. The number of pyridine rings is 1. The Hall–Kier alpha value is -3.94. The number of hydrogen-bond acceptors (Lipinski definition) is 7. The molecule has 4 heterocycles. The van der Waals surface area contributed by atoms with E-state index in [2.05, 4.69) is 15.0 Å². The number of benzene rings is 2. The molecule has 43 heavy (non-hydrogen) atoms. The molecule has 7 nitrogen and oxygen atoms in total. The molecule has 228 valence electrons. The van der Waals surface area contributed by atoms with Crippen LogP contribution in [0.2, 0.25) is 0 Å². The number of aromatic hydroxyl groups is 1. The van der Waals surface area contributed by atoms with Gasteiger partial charge in [-0.2, -0.15) is 23.1 Å². The number of phenols is 1. The molecule has 0 unspecified atom stereocenters. The number of aromatic nitrogens is 3. The van der Waals surface area contributed by atoms with Gasteiger partial charge in [-0.1, -0.05) is 6.92 Å². The third kappa shape index (κ3) is 5.15. The highest BCUT2D eigenvalue weighted by molar-refractivity contribution is 6.01. The van der Waals surface area contributed by atoms with Gasteiger partial charge in [0.05, 0.1) is 10.9 Å². The molecule has 2 saturated heterocycles. The van der Waals surface area contributed by atoms with Crippen LogP contribution in [-0.2, 0) is 6.42 Å². The van der Waals surface area contributed by atoms with Crippen molar-refractivity contribution in [3.8, 4) is 28.9 Å². The lowest BCUT2D eigenvalue weighted by Gasteiger charge is -2.30. The van der Waals surface area contributed by atoms with Gasteiger partial charge in [-0.3, -0.25) is 9.88 Å². The normalized spacial score (nSPS) is 20.7. The van der Waals surface area contributed by atoms with Crippen molar-refractivity contribution in [1.29, 1.82) is 0 Å². The summed E-state index contributed by atoms with van der Waals surface area (Å²) in [5, 5.41) is 9.74. The monoisotopic (exact) mass is 610 g/mol. The molecule has 0 radical (unpaired) electrons. The molecule has 2 aliphatic heterocycles. The average molecular weight is 611 g/mol. The summed E-state index contributed by atoms with van der Waals surface area (Å²) in [5.41, 5.74) is -1.79. The molecule has 0 aliphatic carbocycles. The van der Waals surface area contributed by atoms with Gasteiger partial charge in [-0.15, -0.1) is 0 Å². The highest BCUT2D eigenvalue weighted by Gasteiger charge is 2.49. The quantitative estimate of drug-likeness (QED) is 0.242. The largest absolute Gasteiger partial charge is 0.505 e. The van der Waals surface area contributed by atoms with Crippen LogP contribution in [0, 0.1) is 17.5 Å². The summed E-state index contributed by atoms with van der Waals surface area (Å²) in [6.07, 6.45) is -3.14. The van der Waals surface area contributed by atoms with Gasteiger partial charge in [-0.05, 0) is 49.6 Å². The summed E-state index contributed by atoms with van der Waals surface area (Å²) in [5.74, 6) is -4.41. The molecule has 2 aliphatic rings. The standard InChI is InChI=1S/C29H25F7N4O3/c1-2-15-19(31)5-4-16-21(15)17(8-20(41)22(16)32)24-23(33)25-18(10-37-24)26(42-13-29(34,35)36)39-27(38-25)43-12-28-6-3-7-40(28)11-14(30)9-28/h4-5,8,10,14,41H,2-3,6-7,9,11-13H2,1H3/t14-,28+/m1/s1. The lowest BCUT2D eigenvalue weighted by Crippen LogP contribution is -2.43. The van der Waals surface area contributed by atoms with Gasteiger partial charge >= 0.3 is 12.2 Å². The second-order valence-corrected chi connectivity index (χ2v) is 10.8. The van der Waals surface area contributed by atoms with Crippen LogP contribution in [0.15, 0.2) is 24.4 Å². The lowest BCUT2D eigenvalue weighted by molar-refractivity contribution is -0.153. The van der Waals surface area contributed by atoms with Gasteiger partial charge in [0, 0.05) is 35.5 Å². The molecule has 2 fully saturated rings. The van der Waals surface area contributed by atoms with E-state index in [4.69, 9.17) is 9.47 Å². The minimum Gasteiger partial charge on any atom is -0.505 e. The van der Waals surface area contributed by atoms with Gasteiger partial charge in [0.15, 0.2) is 24.0 Å². The van der Waals surface area contributed by atoms with Crippen molar-refractivity contribution in [3.63, 3.8) is 0 Å². The van der Waals surface area contributed by atoms with E-state index in [9.17, 15) is 31.4 Å². The van der Waals surface area contributed by atoms with E-state index >= 15 is 4.39 Å². The van der Waals surface area contributed by atoms with Gasteiger partial charge in [0.2, 0.25) is 5.88 Å². The summed E-state index contributed by atoms with van der Waals surface area (Å²) in [4.78, 5) is 14.0. The summed E-state index contributed by atoms with van der Waals surface area (Å²) in [6, 6.07) is 2.53. The van der Waals surface area contributed by atoms with Gasteiger partial charge in [0.25, 0.3) is 0 Å². The Bertz CT molecular complexity index is 1740. The van der Waals surface area contributed by atoms with E-state index in [0.717, 1.165) is 30.8 Å². The Morgan fingerprint density at radius 1 is 1.09 bits per heavy atom. The summed E-state index contributed by atoms with van der Waals surface area (Å²) in [6.45, 7) is 0.652. The highest BCUT2D eigenvalue weighted by atomic mass is 19.4. The summed E-state index contributed by atoms with van der Waals surface area (Å²) < 4.78 is 110. The number of aryl methyl sites for hydroxylation is 1. The molecule has 2 aromatic carbocycles. The fourth-order valence-corrected chi connectivity index (χ4v) is 6.23. The van der Waals surface area contributed by atoms with Crippen LogP contribution in [-0.4, -0.2) is 69.1 Å². The van der Waals surface area contributed by atoms with Crippen LogP contribution < -0.4 is 9.47 Å². The number of alkyl halides is 4. The Morgan fingerprint density at radius 2 is 1.88 bits per heavy atom. The first kappa shape index (κ1) is 29.1. The number of ether oxygens (including phenoxy) is 2. The van der Waals surface area contributed by atoms with E-state index < -0.39 is 70.8 Å².